The topological polar surface area (TPSA) is 123 Å². The SMILES string of the molecule is Cc1cc(-c2nc(CC(=O)Nc3cc4oc(N5CCOCC5)nc4nc3N3CC[C@@H](F)C3)co2)ccn1.Cl. The Bertz CT molecular complexity index is 1440. The number of pyridine rings is 2. The maximum absolute atomic E-state index is 14.0. The van der Waals surface area contributed by atoms with E-state index in [1.807, 2.05) is 22.8 Å². The van der Waals surface area contributed by atoms with E-state index >= 15 is 0 Å². The number of amides is 1. The Morgan fingerprint density at radius 2 is 2.00 bits per heavy atom. The van der Waals surface area contributed by atoms with E-state index in [0.29, 0.717) is 79.6 Å². The third-order valence-corrected chi connectivity index (χ3v) is 6.37. The van der Waals surface area contributed by atoms with Gasteiger partial charge in [0.25, 0.3) is 6.01 Å². The second-order valence-electron chi connectivity index (χ2n) is 9.16. The van der Waals surface area contributed by atoms with Gasteiger partial charge in [-0.25, -0.2) is 14.4 Å². The Balaban J connectivity index is 0.00000294. The molecule has 0 spiro atoms. The van der Waals surface area contributed by atoms with Crippen molar-refractivity contribution in [2.75, 3.05) is 54.5 Å². The van der Waals surface area contributed by atoms with Crippen LogP contribution in [0.1, 0.15) is 17.8 Å². The number of morpholine rings is 1. The number of hydrogen-bond acceptors (Lipinski definition) is 10. The molecule has 2 fully saturated rings. The molecule has 4 aromatic rings. The molecule has 200 valence electrons. The summed E-state index contributed by atoms with van der Waals surface area (Å²) in [4.78, 5) is 34.6. The van der Waals surface area contributed by atoms with Crippen LogP contribution < -0.4 is 15.1 Å². The van der Waals surface area contributed by atoms with E-state index in [0.717, 1.165) is 11.3 Å². The number of oxazole rings is 2. The maximum atomic E-state index is 14.0. The minimum absolute atomic E-state index is 0. The molecule has 6 heterocycles. The zero-order valence-corrected chi connectivity index (χ0v) is 21.5. The van der Waals surface area contributed by atoms with E-state index in [4.69, 9.17) is 13.6 Å². The van der Waals surface area contributed by atoms with Crippen LogP contribution in [0.25, 0.3) is 22.7 Å². The lowest BCUT2D eigenvalue weighted by Gasteiger charge is -2.24. The molecule has 11 nitrogen and oxygen atoms in total. The van der Waals surface area contributed by atoms with Crippen LogP contribution in [-0.4, -0.2) is 71.4 Å². The molecule has 0 aromatic carbocycles. The van der Waals surface area contributed by atoms with Gasteiger partial charge < -0.3 is 28.7 Å². The van der Waals surface area contributed by atoms with Crippen molar-refractivity contribution in [1.82, 2.24) is 19.9 Å². The van der Waals surface area contributed by atoms with Gasteiger partial charge >= 0.3 is 0 Å². The van der Waals surface area contributed by atoms with Crippen molar-refractivity contribution in [1.29, 1.82) is 0 Å². The van der Waals surface area contributed by atoms with E-state index in [9.17, 15) is 9.18 Å². The van der Waals surface area contributed by atoms with Crippen molar-refractivity contribution < 1.29 is 22.8 Å². The Kier molecular flexibility index (Phi) is 7.43. The number of halogens is 2. The van der Waals surface area contributed by atoms with Crippen LogP contribution in [0.15, 0.2) is 39.5 Å². The van der Waals surface area contributed by atoms with E-state index in [2.05, 4.69) is 25.3 Å². The van der Waals surface area contributed by atoms with Gasteiger partial charge in [-0.1, -0.05) is 0 Å². The lowest BCUT2D eigenvalue weighted by molar-refractivity contribution is -0.115. The monoisotopic (exact) mass is 543 g/mol. The first-order chi connectivity index (χ1) is 18.0. The van der Waals surface area contributed by atoms with Gasteiger partial charge in [-0.05, 0) is 25.5 Å². The highest BCUT2D eigenvalue weighted by molar-refractivity contribution is 5.97. The fourth-order valence-electron chi connectivity index (χ4n) is 4.53. The van der Waals surface area contributed by atoms with Crippen LogP contribution in [0.2, 0.25) is 0 Å². The summed E-state index contributed by atoms with van der Waals surface area (Å²) in [5.41, 5.74) is 3.39. The molecule has 2 aliphatic rings. The molecule has 0 unspecified atom stereocenters. The first-order valence-corrected chi connectivity index (χ1v) is 12.2. The summed E-state index contributed by atoms with van der Waals surface area (Å²) in [5, 5.41) is 2.91. The number of nitrogens with one attached hydrogen (secondary N) is 1. The molecule has 1 amide bonds. The average Bonchev–Trinajstić information content (AvgIpc) is 3.64. The van der Waals surface area contributed by atoms with Crippen LogP contribution >= 0.6 is 12.4 Å². The van der Waals surface area contributed by atoms with Gasteiger partial charge in [0.1, 0.15) is 12.4 Å². The number of hydrogen-bond donors (Lipinski definition) is 1. The molecule has 13 heteroatoms. The number of carbonyl (C=O) groups is 1. The Hall–Kier alpha value is -3.77. The normalized spacial score (nSPS) is 17.6. The van der Waals surface area contributed by atoms with Crippen molar-refractivity contribution in [3.05, 3.63) is 42.0 Å². The fourth-order valence-corrected chi connectivity index (χ4v) is 4.53. The van der Waals surface area contributed by atoms with Gasteiger partial charge in [0, 0.05) is 43.2 Å². The van der Waals surface area contributed by atoms with Crippen LogP contribution in [0.4, 0.5) is 21.9 Å². The second-order valence-corrected chi connectivity index (χ2v) is 9.16. The molecule has 0 bridgehead atoms. The number of ether oxygens (including phenoxy) is 1. The van der Waals surface area contributed by atoms with Crippen LogP contribution in [0, 0.1) is 6.92 Å². The average molecular weight is 544 g/mol. The minimum atomic E-state index is -0.951. The van der Waals surface area contributed by atoms with Gasteiger partial charge in [0.05, 0.1) is 37.6 Å². The molecular formula is C25H27ClFN7O4. The van der Waals surface area contributed by atoms with E-state index in [1.54, 1.807) is 18.3 Å². The number of aryl methyl sites for hydroxylation is 1. The van der Waals surface area contributed by atoms with Gasteiger partial charge in [0.2, 0.25) is 17.4 Å². The molecule has 1 N–H and O–H groups in total. The standard InChI is InChI=1S/C25H26FN7O4.ClH/c1-15-10-16(2-4-27-15)24-28-18(14-36-24)11-21(34)29-19-12-20-22(30-23(19)33-5-3-17(26)13-33)31-25(37-20)32-6-8-35-9-7-32;/h2,4,10,12,14,17H,3,5-9,11,13H2,1H3,(H,29,34);1H/t17-;/m1./s1. The Morgan fingerprint density at radius 3 is 2.76 bits per heavy atom. The number of nitrogens with zero attached hydrogens (tertiary/aromatic N) is 6. The van der Waals surface area contributed by atoms with E-state index < -0.39 is 6.17 Å². The number of aromatic nitrogens is 4. The number of anilines is 3. The molecule has 0 saturated carbocycles. The maximum Gasteiger partial charge on any atom is 0.300 e. The Morgan fingerprint density at radius 1 is 1.16 bits per heavy atom. The van der Waals surface area contributed by atoms with Crippen LogP contribution in [-0.2, 0) is 16.0 Å². The van der Waals surface area contributed by atoms with Gasteiger partial charge in [0.15, 0.2) is 11.4 Å². The highest BCUT2D eigenvalue weighted by Crippen LogP contribution is 2.33. The first kappa shape index (κ1) is 25.9. The molecular weight excluding hydrogens is 517 g/mol. The third-order valence-electron chi connectivity index (χ3n) is 6.37. The first-order valence-electron chi connectivity index (χ1n) is 12.2. The predicted octanol–water partition coefficient (Wildman–Crippen LogP) is 3.57. The molecule has 6 rings (SSSR count). The third kappa shape index (κ3) is 5.41. The minimum Gasteiger partial charge on any atom is -0.444 e. The summed E-state index contributed by atoms with van der Waals surface area (Å²) < 4.78 is 31.0. The number of fused-ring (bicyclic) bond motifs is 1. The summed E-state index contributed by atoms with van der Waals surface area (Å²) in [6.45, 7) is 5.09. The highest BCUT2D eigenvalue weighted by atomic mass is 35.5. The van der Waals surface area contributed by atoms with Crippen LogP contribution in [0.5, 0.6) is 0 Å². The largest absolute Gasteiger partial charge is 0.444 e. The Labute approximate surface area is 223 Å². The summed E-state index contributed by atoms with van der Waals surface area (Å²) in [7, 11) is 0. The lowest BCUT2D eigenvalue weighted by Crippen LogP contribution is -2.36. The zero-order chi connectivity index (χ0) is 25.4. The molecule has 4 aromatic heterocycles. The van der Waals surface area contributed by atoms with Gasteiger partial charge in [-0.15, -0.1) is 12.4 Å². The zero-order valence-electron chi connectivity index (χ0n) is 20.7. The molecule has 2 aliphatic heterocycles. The summed E-state index contributed by atoms with van der Waals surface area (Å²) >= 11 is 0. The van der Waals surface area contributed by atoms with Crippen molar-refractivity contribution in [3.63, 3.8) is 0 Å². The summed E-state index contributed by atoms with van der Waals surface area (Å²) in [5.74, 6) is 0.577. The number of alkyl halides is 1. The second kappa shape index (κ2) is 10.9. The predicted molar refractivity (Wildman–Crippen MR) is 141 cm³/mol. The molecule has 38 heavy (non-hydrogen) atoms. The van der Waals surface area contributed by atoms with E-state index in [-0.39, 0.29) is 31.3 Å². The molecule has 0 aliphatic carbocycles. The number of rotatable bonds is 6. The van der Waals surface area contributed by atoms with Crippen molar-refractivity contribution in [2.24, 2.45) is 0 Å². The highest BCUT2D eigenvalue weighted by Gasteiger charge is 2.27. The smallest absolute Gasteiger partial charge is 0.300 e. The molecule has 2 saturated heterocycles. The summed E-state index contributed by atoms with van der Waals surface area (Å²) in [6, 6.07) is 5.81. The fraction of sp³-hybridized carbons (Fsp3) is 0.400. The molecule has 0 radical (unpaired) electrons. The van der Waals surface area contributed by atoms with Crippen molar-refractivity contribution in [3.8, 4) is 11.5 Å². The quantitative estimate of drug-likeness (QED) is 0.386. The van der Waals surface area contributed by atoms with Gasteiger partial charge in [-0.3, -0.25) is 9.78 Å². The van der Waals surface area contributed by atoms with Crippen LogP contribution in [0.3, 0.4) is 0 Å². The summed E-state index contributed by atoms with van der Waals surface area (Å²) in [6.07, 6.45) is 2.59. The number of carbonyl (C=O) groups excluding carboxylic acids is 1. The molecule has 1 atom stereocenters. The lowest BCUT2D eigenvalue weighted by atomic mass is 10.2. The van der Waals surface area contributed by atoms with Crippen molar-refractivity contribution >= 4 is 47.1 Å². The van der Waals surface area contributed by atoms with E-state index in [1.165, 1.54) is 6.26 Å². The van der Waals surface area contributed by atoms with Crippen molar-refractivity contribution in [2.45, 2.75) is 25.9 Å². The van der Waals surface area contributed by atoms with Gasteiger partial charge in [-0.2, -0.15) is 4.98 Å².